The molecule has 1 saturated heterocycles. The Balaban J connectivity index is 1.84. The highest BCUT2D eigenvalue weighted by atomic mass is 35.5. The van der Waals surface area contributed by atoms with Crippen LogP contribution in [0.15, 0.2) is 18.2 Å². The lowest BCUT2D eigenvalue weighted by Crippen LogP contribution is -2.61. The summed E-state index contributed by atoms with van der Waals surface area (Å²) in [6.07, 6.45) is 6.07. The van der Waals surface area contributed by atoms with Crippen molar-refractivity contribution < 1.29 is 4.39 Å². The molecule has 1 aliphatic carbocycles. The molecule has 0 radical (unpaired) electrons. The van der Waals surface area contributed by atoms with Crippen molar-refractivity contribution >= 4 is 17.3 Å². The van der Waals surface area contributed by atoms with E-state index in [9.17, 15) is 4.39 Å². The van der Waals surface area contributed by atoms with Crippen molar-refractivity contribution in [1.29, 1.82) is 0 Å². The number of nitrogens with zero attached hydrogens (tertiary/aromatic N) is 1. The molecule has 2 atom stereocenters. The summed E-state index contributed by atoms with van der Waals surface area (Å²) < 4.78 is 13.4. The SMILES string of the molecule is NC1CCN(C2(Nc3ccc(F)c(Cl)c3)CCCC(N)C2)CC1. The zero-order chi connectivity index (χ0) is 16.4. The number of benzene rings is 1. The molecule has 2 unspecified atom stereocenters. The quantitative estimate of drug-likeness (QED) is 0.791. The van der Waals surface area contributed by atoms with Gasteiger partial charge in [0.25, 0.3) is 0 Å². The zero-order valence-electron chi connectivity index (χ0n) is 13.4. The molecule has 128 valence electrons. The summed E-state index contributed by atoms with van der Waals surface area (Å²) in [5, 5.41) is 3.78. The fraction of sp³-hybridized carbons (Fsp3) is 0.647. The third kappa shape index (κ3) is 3.79. The lowest BCUT2D eigenvalue weighted by atomic mass is 9.83. The van der Waals surface area contributed by atoms with Crippen LogP contribution in [0.4, 0.5) is 10.1 Å². The Bertz CT molecular complexity index is 547. The van der Waals surface area contributed by atoms with Crippen molar-refractivity contribution in [2.45, 2.75) is 56.3 Å². The average molecular weight is 341 g/mol. The topological polar surface area (TPSA) is 67.3 Å². The lowest BCUT2D eigenvalue weighted by molar-refractivity contribution is 0.0452. The van der Waals surface area contributed by atoms with E-state index in [-0.39, 0.29) is 16.7 Å². The summed E-state index contributed by atoms with van der Waals surface area (Å²) in [4.78, 5) is 2.48. The van der Waals surface area contributed by atoms with Gasteiger partial charge < -0.3 is 16.8 Å². The zero-order valence-corrected chi connectivity index (χ0v) is 14.2. The van der Waals surface area contributed by atoms with Crippen LogP contribution in [0.3, 0.4) is 0 Å². The summed E-state index contributed by atoms with van der Waals surface area (Å²) >= 11 is 5.94. The van der Waals surface area contributed by atoms with Crippen molar-refractivity contribution in [3.05, 3.63) is 29.0 Å². The smallest absolute Gasteiger partial charge is 0.141 e. The van der Waals surface area contributed by atoms with Gasteiger partial charge in [-0.2, -0.15) is 0 Å². The molecule has 3 rings (SSSR count). The van der Waals surface area contributed by atoms with Crippen LogP contribution in [0.25, 0.3) is 0 Å². The molecule has 1 saturated carbocycles. The van der Waals surface area contributed by atoms with E-state index in [1.165, 1.54) is 6.07 Å². The predicted octanol–water partition coefficient (Wildman–Crippen LogP) is 2.91. The number of piperidine rings is 1. The van der Waals surface area contributed by atoms with E-state index < -0.39 is 5.82 Å². The van der Waals surface area contributed by atoms with Crippen LogP contribution in [0.2, 0.25) is 5.02 Å². The number of hydrogen-bond donors (Lipinski definition) is 3. The van der Waals surface area contributed by atoms with Crippen molar-refractivity contribution in [3.8, 4) is 0 Å². The standard InChI is InChI=1S/C17H26ClFN4/c18-15-10-14(3-4-16(15)19)22-17(7-1-2-13(21)11-17)23-8-5-12(20)6-9-23/h3-4,10,12-13,22H,1-2,5-9,11,20-21H2. The van der Waals surface area contributed by atoms with E-state index in [1.807, 2.05) is 0 Å². The third-order valence-electron chi connectivity index (χ3n) is 5.21. The normalized spacial score (nSPS) is 30.3. The van der Waals surface area contributed by atoms with Gasteiger partial charge in [0.05, 0.1) is 10.7 Å². The van der Waals surface area contributed by atoms with Gasteiger partial charge in [0.2, 0.25) is 0 Å². The van der Waals surface area contributed by atoms with Gasteiger partial charge in [-0.05, 0) is 56.7 Å². The van der Waals surface area contributed by atoms with Crippen molar-refractivity contribution in [2.24, 2.45) is 11.5 Å². The number of rotatable bonds is 3. The molecule has 2 aliphatic rings. The van der Waals surface area contributed by atoms with Crippen molar-refractivity contribution in [3.63, 3.8) is 0 Å². The van der Waals surface area contributed by atoms with E-state index in [0.29, 0.717) is 6.04 Å². The van der Waals surface area contributed by atoms with Crippen LogP contribution in [0, 0.1) is 5.82 Å². The fourth-order valence-electron chi connectivity index (χ4n) is 3.94. The Hall–Kier alpha value is -0.880. The van der Waals surface area contributed by atoms with Crippen LogP contribution in [0.5, 0.6) is 0 Å². The monoisotopic (exact) mass is 340 g/mol. The van der Waals surface area contributed by atoms with E-state index in [2.05, 4.69) is 10.2 Å². The summed E-state index contributed by atoms with van der Waals surface area (Å²) in [6, 6.07) is 5.30. The molecular formula is C17H26ClFN4. The summed E-state index contributed by atoms with van der Waals surface area (Å²) in [5.74, 6) is -0.393. The van der Waals surface area contributed by atoms with Gasteiger partial charge in [0, 0.05) is 30.9 Å². The number of likely N-dealkylation sites (tertiary alicyclic amines) is 1. The second-order valence-electron chi connectivity index (χ2n) is 6.97. The summed E-state index contributed by atoms with van der Waals surface area (Å²) in [6.45, 7) is 1.94. The van der Waals surface area contributed by atoms with Crippen LogP contribution >= 0.6 is 11.6 Å². The minimum atomic E-state index is -0.393. The Morgan fingerprint density at radius 1 is 1.17 bits per heavy atom. The van der Waals surface area contributed by atoms with Gasteiger partial charge >= 0.3 is 0 Å². The van der Waals surface area contributed by atoms with Crippen LogP contribution in [-0.4, -0.2) is 35.7 Å². The van der Waals surface area contributed by atoms with Gasteiger partial charge in [-0.25, -0.2) is 4.39 Å². The van der Waals surface area contributed by atoms with Gasteiger partial charge in [-0.15, -0.1) is 0 Å². The number of anilines is 1. The molecule has 4 nitrogen and oxygen atoms in total. The molecule has 1 aliphatic heterocycles. The first-order valence-electron chi connectivity index (χ1n) is 8.48. The fourth-order valence-corrected chi connectivity index (χ4v) is 4.12. The first kappa shape index (κ1) is 17.0. The first-order chi connectivity index (χ1) is 11.0. The molecular weight excluding hydrogens is 315 g/mol. The highest BCUT2D eigenvalue weighted by molar-refractivity contribution is 6.31. The Labute approximate surface area is 142 Å². The Morgan fingerprint density at radius 3 is 2.57 bits per heavy atom. The first-order valence-corrected chi connectivity index (χ1v) is 8.86. The van der Waals surface area contributed by atoms with Gasteiger partial charge in [0.15, 0.2) is 0 Å². The largest absolute Gasteiger partial charge is 0.367 e. The molecule has 1 aromatic rings. The van der Waals surface area contributed by atoms with Crippen molar-refractivity contribution in [2.75, 3.05) is 18.4 Å². The minimum Gasteiger partial charge on any atom is -0.367 e. The van der Waals surface area contributed by atoms with Crippen LogP contribution in [-0.2, 0) is 0 Å². The summed E-state index contributed by atoms with van der Waals surface area (Å²) in [5.41, 5.74) is 13.0. The molecule has 0 spiro atoms. The molecule has 0 aromatic heterocycles. The van der Waals surface area contributed by atoms with Gasteiger partial charge in [0.1, 0.15) is 5.82 Å². The Kier molecular flexibility index (Phi) is 5.11. The number of hydrogen-bond acceptors (Lipinski definition) is 4. The minimum absolute atomic E-state index is 0.144. The lowest BCUT2D eigenvalue weighted by Gasteiger charge is -2.51. The highest BCUT2D eigenvalue weighted by Crippen LogP contribution is 2.36. The van der Waals surface area contributed by atoms with E-state index in [4.69, 9.17) is 23.1 Å². The van der Waals surface area contributed by atoms with Gasteiger partial charge in [-0.1, -0.05) is 11.6 Å². The maximum Gasteiger partial charge on any atom is 0.141 e. The Morgan fingerprint density at radius 2 is 1.91 bits per heavy atom. The number of halogens is 2. The molecule has 23 heavy (non-hydrogen) atoms. The summed E-state index contributed by atoms with van der Waals surface area (Å²) in [7, 11) is 0. The molecule has 2 fully saturated rings. The van der Waals surface area contributed by atoms with Gasteiger partial charge in [-0.3, -0.25) is 4.90 Å². The van der Waals surface area contributed by atoms with E-state index >= 15 is 0 Å². The van der Waals surface area contributed by atoms with E-state index in [0.717, 1.165) is 57.3 Å². The molecule has 0 amide bonds. The van der Waals surface area contributed by atoms with Crippen LogP contribution in [0.1, 0.15) is 38.5 Å². The number of nitrogens with one attached hydrogen (secondary N) is 1. The second-order valence-corrected chi connectivity index (χ2v) is 7.37. The highest BCUT2D eigenvalue weighted by Gasteiger charge is 2.41. The van der Waals surface area contributed by atoms with E-state index in [1.54, 1.807) is 12.1 Å². The number of nitrogens with two attached hydrogens (primary N) is 2. The predicted molar refractivity (Wildman–Crippen MR) is 93.0 cm³/mol. The molecule has 6 heteroatoms. The molecule has 0 bridgehead atoms. The van der Waals surface area contributed by atoms with Crippen LogP contribution < -0.4 is 16.8 Å². The average Bonchev–Trinajstić information content (AvgIpc) is 2.51. The third-order valence-corrected chi connectivity index (χ3v) is 5.50. The van der Waals surface area contributed by atoms with Crippen molar-refractivity contribution in [1.82, 2.24) is 4.90 Å². The second kappa shape index (κ2) is 6.93. The maximum absolute atomic E-state index is 13.4. The molecule has 1 heterocycles. The maximum atomic E-state index is 13.4. The molecule has 5 N–H and O–H groups in total. The molecule has 1 aromatic carbocycles.